The molecule has 1 fully saturated rings. The van der Waals surface area contributed by atoms with E-state index in [9.17, 15) is 10.0 Å². The number of carbonyl (C=O) groups is 1. The van der Waals surface area contributed by atoms with E-state index in [2.05, 4.69) is 0 Å². The van der Waals surface area contributed by atoms with E-state index in [1.54, 1.807) is 6.92 Å². The zero-order valence-corrected chi connectivity index (χ0v) is 9.94. The van der Waals surface area contributed by atoms with Crippen molar-refractivity contribution in [1.82, 2.24) is 0 Å². The van der Waals surface area contributed by atoms with Crippen molar-refractivity contribution in [1.29, 1.82) is 0 Å². The zero-order valence-electron chi connectivity index (χ0n) is 9.94. The first-order valence-electron chi connectivity index (χ1n) is 5.96. The lowest BCUT2D eigenvalue weighted by Gasteiger charge is -2.24. The highest BCUT2D eigenvalue weighted by Gasteiger charge is 2.38. The van der Waals surface area contributed by atoms with Gasteiger partial charge in [0.1, 0.15) is 6.04 Å². The molecule has 1 saturated carbocycles. The summed E-state index contributed by atoms with van der Waals surface area (Å²) < 4.78 is 4.88. The summed E-state index contributed by atoms with van der Waals surface area (Å²) in [7, 11) is 0. The molecule has 0 aromatic rings. The maximum atomic E-state index is 11.3. The van der Waals surface area contributed by atoms with Gasteiger partial charge in [0.2, 0.25) is 0 Å². The second-order valence-corrected chi connectivity index (χ2v) is 4.46. The first kappa shape index (κ1) is 13.4. The third kappa shape index (κ3) is 3.43. The van der Waals surface area contributed by atoms with Crippen molar-refractivity contribution >= 4 is 5.97 Å². The van der Waals surface area contributed by atoms with Crippen LogP contribution >= 0.6 is 0 Å². The Morgan fingerprint density at radius 3 is 2.62 bits per heavy atom. The molecule has 1 aliphatic carbocycles. The fourth-order valence-electron chi connectivity index (χ4n) is 2.62. The summed E-state index contributed by atoms with van der Waals surface area (Å²) in [6.45, 7) is 4.18. The van der Waals surface area contributed by atoms with Gasteiger partial charge in [0, 0.05) is 18.8 Å². The lowest BCUT2D eigenvalue weighted by Crippen LogP contribution is -3.09. The van der Waals surface area contributed by atoms with Gasteiger partial charge in [-0.25, -0.2) is 10.4 Å². The summed E-state index contributed by atoms with van der Waals surface area (Å²) in [6, 6.07) is -0.274. The van der Waals surface area contributed by atoms with Crippen molar-refractivity contribution in [2.45, 2.75) is 45.6 Å². The van der Waals surface area contributed by atoms with Gasteiger partial charge in [-0.2, -0.15) is 0 Å². The first-order chi connectivity index (χ1) is 7.58. The second-order valence-electron chi connectivity index (χ2n) is 4.46. The average Bonchev–Trinajstić information content (AvgIpc) is 2.61. The van der Waals surface area contributed by atoms with Crippen LogP contribution in [0.2, 0.25) is 0 Å². The summed E-state index contributed by atoms with van der Waals surface area (Å²) in [5, 5.41) is 19.3. The summed E-state index contributed by atoms with van der Waals surface area (Å²) in [4.78, 5) is 11.3. The summed E-state index contributed by atoms with van der Waals surface area (Å²) in [6.07, 6.45) is 2.70. The minimum Gasteiger partial charge on any atom is -0.600 e. The van der Waals surface area contributed by atoms with E-state index in [0.29, 0.717) is 19.4 Å². The molecule has 0 saturated heterocycles. The molecule has 0 bridgehead atoms. The molecule has 0 aromatic heterocycles. The minimum atomic E-state index is -0.724. The first-order valence-corrected chi connectivity index (χ1v) is 5.96. The maximum Gasteiger partial charge on any atom is 0.306 e. The van der Waals surface area contributed by atoms with Crippen molar-refractivity contribution in [3.8, 4) is 0 Å². The Hall–Kier alpha value is -0.650. The van der Waals surface area contributed by atoms with Crippen molar-refractivity contribution in [3.63, 3.8) is 0 Å². The summed E-state index contributed by atoms with van der Waals surface area (Å²) in [5.74, 6) is 0.204. The SMILES string of the molecule is CCOC(=O)CC1C[C@@H](CC)[C@@H]([NH+]([O-])O)C1. The molecule has 94 valence electrons. The van der Waals surface area contributed by atoms with Crippen molar-refractivity contribution in [2.24, 2.45) is 11.8 Å². The van der Waals surface area contributed by atoms with Crippen LogP contribution in [0.4, 0.5) is 0 Å². The van der Waals surface area contributed by atoms with Gasteiger partial charge in [-0.1, -0.05) is 6.92 Å². The number of hydrogen-bond donors (Lipinski definition) is 2. The molecule has 2 unspecified atom stereocenters. The molecule has 2 N–H and O–H groups in total. The highest BCUT2D eigenvalue weighted by atomic mass is 16.8. The number of rotatable bonds is 5. The Morgan fingerprint density at radius 1 is 1.50 bits per heavy atom. The fourth-order valence-corrected chi connectivity index (χ4v) is 2.62. The van der Waals surface area contributed by atoms with Crippen LogP contribution in [0.3, 0.4) is 0 Å². The van der Waals surface area contributed by atoms with Crippen LogP contribution in [-0.4, -0.2) is 23.8 Å². The fraction of sp³-hybridized carbons (Fsp3) is 0.909. The molecular weight excluding hydrogens is 210 g/mol. The normalized spacial score (nSPS) is 31.4. The van der Waals surface area contributed by atoms with Crippen LogP contribution in [0.5, 0.6) is 0 Å². The molecule has 5 nitrogen and oxygen atoms in total. The molecule has 0 aliphatic heterocycles. The lowest BCUT2D eigenvalue weighted by molar-refractivity contribution is -1.07. The van der Waals surface area contributed by atoms with Gasteiger partial charge in [-0.15, -0.1) is 0 Å². The van der Waals surface area contributed by atoms with Gasteiger partial charge >= 0.3 is 5.97 Å². The number of esters is 1. The van der Waals surface area contributed by atoms with Crippen LogP contribution in [0.25, 0.3) is 0 Å². The molecule has 0 aromatic carbocycles. The lowest BCUT2D eigenvalue weighted by atomic mass is 9.99. The summed E-state index contributed by atoms with van der Waals surface area (Å²) >= 11 is 0. The maximum absolute atomic E-state index is 11.3. The Morgan fingerprint density at radius 2 is 2.19 bits per heavy atom. The number of quaternary nitrogens is 1. The van der Waals surface area contributed by atoms with Crippen LogP contribution in [-0.2, 0) is 9.53 Å². The Balaban J connectivity index is 2.44. The number of hydroxylamine groups is 2. The standard InChI is InChI=1S/C11H21NO4/c1-3-9-5-8(6-10(9)12(14)15)7-11(13)16-4-2/h8-10,12,14H,3-7H2,1-2H3/t8?,9-,10+/m1/s1. The highest BCUT2D eigenvalue weighted by Crippen LogP contribution is 2.34. The molecular formula is C11H21NO4. The van der Waals surface area contributed by atoms with Crippen LogP contribution in [0.15, 0.2) is 0 Å². The smallest absolute Gasteiger partial charge is 0.306 e. The molecule has 0 radical (unpaired) electrons. The quantitative estimate of drug-likeness (QED) is 0.534. The van der Waals surface area contributed by atoms with E-state index >= 15 is 0 Å². The monoisotopic (exact) mass is 231 g/mol. The Kier molecular flexibility index (Phi) is 5.18. The molecule has 0 spiro atoms. The van der Waals surface area contributed by atoms with E-state index < -0.39 is 5.23 Å². The van der Waals surface area contributed by atoms with E-state index in [4.69, 9.17) is 9.94 Å². The summed E-state index contributed by atoms with van der Waals surface area (Å²) in [5.41, 5.74) is 0. The van der Waals surface area contributed by atoms with Gasteiger partial charge < -0.3 is 9.94 Å². The predicted molar refractivity (Wildman–Crippen MR) is 57.7 cm³/mol. The number of carbonyl (C=O) groups excluding carboxylic acids is 1. The average molecular weight is 231 g/mol. The zero-order chi connectivity index (χ0) is 12.1. The topological polar surface area (TPSA) is 74.0 Å². The molecule has 0 heterocycles. The van der Waals surface area contributed by atoms with Gasteiger partial charge in [0.25, 0.3) is 0 Å². The number of nitrogens with one attached hydrogen (secondary N) is 1. The second kappa shape index (κ2) is 6.18. The molecule has 16 heavy (non-hydrogen) atoms. The third-order valence-corrected chi connectivity index (χ3v) is 3.39. The highest BCUT2D eigenvalue weighted by molar-refractivity contribution is 5.69. The molecule has 5 heteroatoms. The van der Waals surface area contributed by atoms with Crippen LogP contribution < -0.4 is 5.23 Å². The van der Waals surface area contributed by atoms with E-state index in [0.717, 1.165) is 12.8 Å². The van der Waals surface area contributed by atoms with E-state index in [1.165, 1.54) is 0 Å². The van der Waals surface area contributed by atoms with Crippen LogP contribution in [0.1, 0.15) is 39.5 Å². The van der Waals surface area contributed by atoms with Crippen molar-refractivity contribution in [3.05, 3.63) is 5.21 Å². The Labute approximate surface area is 95.9 Å². The van der Waals surface area contributed by atoms with Gasteiger partial charge in [0.05, 0.1) is 6.61 Å². The van der Waals surface area contributed by atoms with Gasteiger partial charge in [-0.05, 0) is 25.7 Å². The largest absolute Gasteiger partial charge is 0.600 e. The number of ether oxygens (including phenoxy) is 1. The molecule has 1 rings (SSSR count). The molecule has 4 atom stereocenters. The molecule has 1 aliphatic rings. The van der Waals surface area contributed by atoms with Gasteiger partial charge in [0.15, 0.2) is 0 Å². The molecule has 0 amide bonds. The van der Waals surface area contributed by atoms with Crippen molar-refractivity contribution < 1.29 is 20.0 Å². The van der Waals surface area contributed by atoms with Gasteiger partial charge in [-0.3, -0.25) is 4.79 Å². The minimum absolute atomic E-state index is 0.185. The van der Waals surface area contributed by atoms with E-state index in [-0.39, 0.29) is 23.8 Å². The predicted octanol–water partition coefficient (Wildman–Crippen LogP) is 0.516. The van der Waals surface area contributed by atoms with Crippen molar-refractivity contribution in [2.75, 3.05) is 6.61 Å². The van der Waals surface area contributed by atoms with E-state index in [1.807, 2.05) is 6.92 Å². The Bertz CT molecular complexity index is 232. The third-order valence-electron chi connectivity index (χ3n) is 3.39. The van der Waals surface area contributed by atoms with Crippen LogP contribution in [0, 0.1) is 17.0 Å². The number of hydrogen-bond acceptors (Lipinski definition) is 4.